The van der Waals surface area contributed by atoms with Gasteiger partial charge in [-0.05, 0) is 12.5 Å². The summed E-state index contributed by atoms with van der Waals surface area (Å²) in [5.41, 5.74) is 2.03. The second-order valence-corrected chi connectivity index (χ2v) is 4.31. The molecule has 0 aromatic carbocycles. The first-order valence-electron chi connectivity index (χ1n) is 6.33. The third-order valence-corrected chi connectivity index (χ3v) is 2.79. The molecule has 0 amide bonds. The van der Waals surface area contributed by atoms with Gasteiger partial charge in [-0.25, -0.2) is 4.68 Å². The van der Waals surface area contributed by atoms with Crippen LogP contribution in [0.4, 0.5) is 5.69 Å². The third-order valence-electron chi connectivity index (χ3n) is 2.79. The maximum absolute atomic E-state index is 11.6. The van der Waals surface area contributed by atoms with Gasteiger partial charge in [-0.1, -0.05) is 13.5 Å². The Kier molecular flexibility index (Phi) is 4.18. The predicted octanol–water partition coefficient (Wildman–Crippen LogP) is 2.17. The van der Waals surface area contributed by atoms with Crippen molar-refractivity contribution in [2.75, 3.05) is 5.32 Å². The summed E-state index contributed by atoms with van der Waals surface area (Å²) < 4.78 is 3.38. The maximum Gasteiger partial charge on any atom is 0.250 e. The Morgan fingerprint density at radius 1 is 1.42 bits per heavy atom. The lowest BCUT2D eigenvalue weighted by Gasteiger charge is -2.08. The van der Waals surface area contributed by atoms with Crippen molar-refractivity contribution < 1.29 is 0 Å². The molecule has 100 valence electrons. The Morgan fingerprint density at radius 3 is 2.95 bits per heavy atom. The molecule has 0 aliphatic heterocycles. The van der Waals surface area contributed by atoms with Crippen molar-refractivity contribution in [3.05, 3.63) is 53.2 Å². The van der Waals surface area contributed by atoms with Gasteiger partial charge in [0.25, 0.3) is 5.56 Å². The molecule has 0 saturated carbocycles. The minimum Gasteiger partial charge on any atom is -0.380 e. The zero-order chi connectivity index (χ0) is 13.7. The van der Waals surface area contributed by atoms with E-state index in [2.05, 4.69) is 23.9 Å². The normalized spacial score (nSPS) is 10.4. The number of nitrogens with one attached hydrogen (secondary N) is 1. The van der Waals surface area contributed by atoms with Crippen LogP contribution in [0.15, 0.2) is 42.1 Å². The van der Waals surface area contributed by atoms with Crippen molar-refractivity contribution in [1.82, 2.24) is 14.3 Å². The van der Waals surface area contributed by atoms with Gasteiger partial charge < -0.3 is 9.88 Å². The van der Waals surface area contributed by atoms with Crippen LogP contribution in [0, 0.1) is 0 Å². The van der Waals surface area contributed by atoms with Crippen LogP contribution in [0.25, 0.3) is 6.20 Å². The molecule has 0 unspecified atom stereocenters. The number of rotatable bonds is 6. The lowest BCUT2D eigenvalue weighted by Crippen LogP contribution is -2.18. The Morgan fingerprint density at radius 2 is 2.26 bits per heavy atom. The fourth-order valence-corrected chi connectivity index (χ4v) is 1.82. The molecule has 0 saturated heterocycles. The highest BCUT2D eigenvalue weighted by Gasteiger charge is 2.00. The molecular weight excluding hydrogens is 240 g/mol. The van der Waals surface area contributed by atoms with Crippen LogP contribution in [0.3, 0.4) is 0 Å². The molecule has 19 heavy (non-hydrogen) atoms. The summed E-state index contributed by atoms with van der Waals surface area (Å²) in [6.07, 6.45) is 8.13. The van der Waals surface area contributed by atoms with E-state index in [1.807, 2.05) is 12.4 Å². The molecule has 0 aliphatic rings. The topological polar surface area (TPSA) is 51.9 Å². The zero-order valence-corrected chi connectivity index (χ0v) is 11.0. The highest BCUT2D eigenvalue weighted by atomic mass is 16.1. The minimum absolute atomic E-state index is 0.0341. The molecule has 0 atom stereocenters. The fourth-order valence-electron chi connectivity index (χ4n) is 1.82. The molecule has 2 rings (SSSR count). The van der Waals surface area contributed by atoms with E-state index in [4.69, 9.17) is 0 Å². The first-order chi connectivity index (χ1) is 9.22. The van der Waals surface area contributed by atoms with Crippen molar-refractivity contribution in [2.45, 2.75) is 26.4 Å². The van der Waals surface area contributed by atoms with Crippen LogP contribution in [-0.2, 0) is 13.1 Å². The Bertz CT molecular complexity index is 612. The van der Waals surface area contributed by atoms with Crippen molar-refractivity contribution >= 4 is 11.9 Å². The first-order valence-corrected chi connectivity index (χ1v) is 6.33. The van der Waals surface area contributed by atoms with Gasteiger partial charge in [0.05, 0.1) is 11.9 Å². The smallest absolute Gasteiger partial charge is 0.250 e. The molecule has 0 radical (unpaired) electrons. The number of pyridine rings is 1. The van der Waals surface area contributed by atoms with E-state index >= 15 is 0 Å². The summed E-state index contributed by atoms with van der Waals surface area (Å²) in [6, 6.07) is 3.39. The van der Waals surface area contributed by atoms with E-state index in [1.54, 1.807) is 33.8 Å². The Hall–Kier alpha value is -2.30. The van der Waals surface area contributed by atoms with Crippen LogP contribution in [0.2, 0.25) is 0 Å². The van der Waals surface area contributed by atoms with Crippen molar-refractivity contribution in [2.24, 2.45) is 0 Å². The molecule has 0 bridgehead atoms. The summed E-state index contributed by atoms with van der Waals surface area (Å²) in [5.74, 6) is 0. The molecule has 2 heterocycles. The molecule has 2 aromatic rings. The second-order valence-electron chi connectivity index (χ2n) is 4.31. The summed E-state index contributed by atoms with van der Waals surface area (Å²) >= 11 is 0. The van der Waals surface area contributed by atoms with Crippen LogP contribution < -0.4 is 10.9 Å². The SMILES string of the molecule is C=Cn1cc(CNc2ccc(=O)n(CCC)c2)cn1. The van der Waals surface area contributed by atoms with Gasteiger partial charge >= 0.3 is 0 Å². The van der Waals surface area contributed by atoms with Crippen LogP contribution in [-0.4, -0.2) is 14.3 Å². The molecule has 0 fully saturated rings. The van der Waals surface area contributed by atoms with Gasteiger partial charge in [0, 0.05) is 43.3 Å². The largest absolute Gasteiger partial charge is 0.380 e. The van der Waals surface area contributed by atoms with Crippen LogP contribution in [0.1, 0.15) is 18.9 Å². The highest BCUT2D eigenvalue weighted by molar-refractivity contribution is 5.41. The van der Waals surface area contributed by atoms with Gasteiger partial charge in [-0.2, -0.15) is 5.10 Å². The number of hydrogen-bond donors (Lipinski definition) is 1. The van der Waals surface area contributed by atoms with Gasteiger partial charge in [-0.15, -0.1) is 0 Å². The predicted molar refractivity (Wildman–Crippen MR) is 76.9 cm³/mol. The van der Waals surface area contributed by atoms with E-state index < -0.39 is 0 Å². The molecule has 2 aromatic heterocycles. The number of anilines is 1. The number of hydrogen-bond acceptors (Lipinski definition) is 3. The van der Waals surface area contributed by atoms with Crippen molar-refractivity contribution in [3.8, 4) is 0 Å². The molecule has 0 spiro atoms. The Labute approximate surface area is 112 Å². The van der Waals surface area contributed by atoms with E-state index in [9.17, 15) is 4.79 Å². The number of aromatic nitrogens is 3. The zero-order valence-electron chi connectivity index (χ0n) is 11.0. The minimum atomic E-state index is 0.0341. The number of aryl methyl sites for hydroxylation is 1. The molecular formula is C14H18N4O. The van der Waals surface area contributed by atoms with Gasteiger partial charge in [0.1, 0.15) is 0 Å². The average molecular weight is 258 g/mol. The first kappa shape index (κ1) is 13.1. The van der Waals surface area contributed by atoms with E-state index in [0.29, 0.717) is 6.54 Å². The average Bonchev–Trinajstić information content (AvgIpc) is 2.88. The second kappa shape index (κ2) is 6.04. The lowest BCUT2D eigenvalue weighted by molar-refractivity contribution is 0.655. The van der Waals surface area contributed by atoms with E-state index in [-0.39, 0.29) is 5.56 Å². The summed E-state index contributed by atoms with van der Waals surface area (Å²) in [4.78, 5) is 11.6. The monoisotopic (exact) mass is 258 g/mol. The summed E-state index contributed by atoms with van der Waals surface area (Å²) in [6.45, 7) is 7.10. The maximum atomic E-state index is 11.6. The summed E-state index contributed by atoms with van der Waals surface area (Å²) in [5, 5.41) is 7.39. The fraction of sp³-hybridized carbons (Fsp3) is 0.286. The molecule has 5 heteroatoms. The third kappa shape index (κ3) is 3.34. The van der Waals surface area contributed by atoms with Gasteiger partial charge in [0.2, 0.25) is 0 Å². The van der Waals surface area contributed by atoms with Gasteiger partial charge in [0.15, 0.2) is 0 Å². The molecule has 1 N–H and O–H groups in total. The van der Waals surface area contributed by atoms with Crippen LogP contribution in [0.5, 0.6) is 0 Å². The van der Waals surface area contributed by atoms with E-state index in [0.717, 1.165) is 24.2 Å². The standard InChI is InChI=1S/C14H18N4O/c1-3-7-17-11-13(5-6-14(17)19)15-8-12-9-16-18(4-2)10-12/h4-6,9-11,15H,2-3,7-8H2,1H3. The van der Waals surface area contributed by atoms with Gasteiger partial charge in [-0.3, -0.25) is 4.79 Å². The Balaban J connectivity index is 2.04. The lowest BCUT2D eigenvalue weighted by atomic mass is 10.3. The van der Waals surface area contributed by atoms with Crippen molar-refractivity contribution in [3.63, 3.8) is 0 Å². The highest BCUT2D eigenvalue weighted by Crippen LogP contribution is 2.07. The molecule has 5 nitrogen and oxygen atoms in total. The van der Waals surface area contributed by atoms with Crippen molar-refractivity contribution in [1.29, 1.82) is 0 Å². The van der Waals surface area contributed by atoms with Crippen LogP contribution >= 0.6 is 0 Å². The quantitative estimate of drug-likeness (QED) is 0.864. The number of nitrogens with zero attached hydrogens (tertiary/aromatic N) is 3. The van der Waals surface area contributed by atoms with E-state index in [1.165, 1.54) is 0 Å². The summed E-state index contributed by atoms with van der Waals surface area (Å²) in [7, 11) is 0. The molecule has 0 aliphatic carbocycles.